The number of benzene rings is 2. The van der Waals surface area contributed by atoms with Gasteiger partial charge in [-0.1, -0.05) is 29.8 Å². The van der Waals surface area contributed by atoms with E-state index in [0.29, 0.717) is 11.4 Å². The fourth-order valence-electron chi connectivity index (χ4n) is 3.64. The molecule has 0 aliphatic carbocycles. The van der Waals surface area contributed by atoms with Crippen molar-refractivity contribution >= 4 is 22.5 Å². The quantitative estimate of drug-likeness (QED) is 0.574. The van der Waals surface area contributed by atoms with Crippen LogP contribution in [0.15, 0.2) is 36.5 Å². The first-order valence-corrected chi connectivity index (χ1v) is 9.40. The minimum absolute atomic E-state index is 0.623. The second-order valence-corrected chi connectivity index (χ2v) is 7.31. The third-order valence-corrected chi connectivity index (χ3v) is 5.64. The van der Waals surface area contributed by atoms with Crippen molar-refractivity contribution in [2.75, 3.05) is 6.54 Å². The largest absolute Gasteiger partial charge is 0.312 e. The minimum Gasteiger partial charge on any atom is -0.312 e. The molecule has 6 nitrogen and oxygen atoms in total. The number of nitrogens with one attached hydrogen (secondary N) is 2. The first-order chi connectivity index (χ1) is 13.2. The van der Waals surface area contributed by atoms with Crippen LogP contribution in [-0.2, 0) is 26.4 Å². The molecule has 0 bridgehead atoms. The van der Waals surface area contributed by atoms with Gasteiger partial charge in [-0.25, -0.2) is 4.98 Å². The smallest absolute Gasteiger partial charge is 0.181 e. The zero-order valence-corrected chi connectivity index (χ0v) is 15.7. The lowest BCUT2D eigenvalue weighted by Gasteiger charge is -2.17. The Morgan fingerprint density at radius 2 is 2.11 bits per heavy atom. The van der Waals surface area contributed by atoms with Gasteiger partial charge in [0.1, 0.15) is 5.82 Å². The van der Waals surface area contributed by atoms with E-state index >= 15 is 0 Å². The number of hydrogen-bond donors (Lipinski definition) is 2. The third kappa shape index (κ3) is 2.91. The molecule has 5 rings (SSSR count). The predicted molar refractivity (Wildman–Crippen MR) is 106 cm³/mol. The second-order valence-electron chi connectivity index (χ2n) is 6.93. The van der Waals surface area contributed by atoms with E-state index in [0.717, 1.165) is 53.2 Å². The van der Waals surface area contributed by atoms with Crippen molar-refractivity contribution < 1.29 is 0 Å². The summed E-state index contributed by atoms with van der Waals surface area (Å²) in [6.45, 7) is 1.96. The monoisotopic (exact) mass is 378 g/mol. The van der Waals surface area contributed by atoms with Crippen LogP contribution in [0, 0.1) is 0 Å². The summed E-state index contributed by atoms with van der Waals surface area (Å²) in [6, 6.07) is 10.5. The van der Waals surface area contributed by atoms with Gasteiger partial charge >= 0.3 is 0 Å². The molecule has 2 aromatic heterocycles. The van der Waals surface area contributed by atoms with Crippen LogP contribution >= 0.6 is 11.6 Å². The van der Waals surface area contributed by atoms with E-state index in [9.17, 15) is 0 Å². The van der Waals surface area contributed by atoms with Crippen LogP contribution in [0.4, 0.5) is 0 Å². The van der Waals surface area contributed by atoms with Crippen LogP contribution in [0.1, 0.15) is 22.5 Å². The van der Waals surface area contributed by atoms with Crippen LogP contribution in [0.5, 0.6) is 0 Å². The molecule has 4 aromatic rings. The van der Waals surface area contributed by atoms with Gasteiger partial charge in [0.15, 0.2) is 5.82 Å². The van der Waals surface area contributed by atoms with Crippen LogP contribution < -0.4 is 5.32 Å². The van der Waals surface area contributed by atoms with Gasteiger partial charge < -0.3 is 5.32 Å². The van der Waals surface area contributed by atoms with E-state index in [2.05, 4.69) is 38.8 Å². The lowest BCUT2D eigenvalue weighted by Crippen LogP contribution is -2.23. The topological polar surface area (TPSA) is 71.4 Å². The Labute approximate surface area is 161 Å². The van der Waals surface area contributed by atoms with Crippen molar-refractivity contribution in [1.29, 1.82) is 0 Å². The van der Waals surface area contributed by atoms with Crippen molar-refractivity contribution in [3.63, 3.8) is 0 Å². The van der Waals surface area contributed by atoms with Gasteiger partial charge in [0.2, 0.25) is 0 Å². The summed E-state index contributed by atoms with van der Waals surface area (Å²) >= 11 is 6.57. The molecule has 3 heterocycles. The summed E-state index contributed by atoms with van der Waals surface area (Å²) in [5.74, 6) is 1.64. The second kappa shape index (κ2) is 6.48. The summed E-state index contributed by atoms with van der Waals surface area (Å²) in [5, 5.41) is 16.7. The fourth-order valence-corrected chi connectivity index (χ4v) is 3.92. The van der Waals surface area contributed by atoms with E-state index in [1.54, 1.807) is 6.20 Å². The average molecular weight is 379 g/mol. The average Bonchev–Trinajstić information content (AvgIpc) is 3.31. The van der Waals surface area contributed by atoms with Gasteiger partial charge in [-0.05, 0) is 41.8 Å². The first-order valence-electron chi connectivity index (χ1n) is 9.02. The fraction of sp³-hybridized carbons (Fsp3) is 0.250. The molecule has 0 saturated carbocycles. The molecular weight excluding hydrogens is 360 g/mol. The number of rotatable bonds is 3. The Kier molecular flexibility index (Phi) is 3.95. The van der Waals surface area contributed by atoms with Crippen LogP contribution in [0.3, 0.4) is 0 Å². The van der Waals surface area contributed by atoms with E-state index in [1.165, 1.54) is 11.1 Å². The summed E-state index contributed by atoms with van der Waals surface area (Å²) in [7, 11) is 1.93. The highest BCUT2D eigenvalue weighted by Gasteiger charge is 2.15. The molecule has 0 unspecified atom stereocenters. The molecule has 0 saturated heterocycles. The minimum atomic E-state index is 0.623. The molecule has 2 N–H and O–H groups in total. The Hall–Kier alpha value is -2.70. The van der Waals surface area contributed by atoms with Gasteiger partial charge in [0, 0.05) is 31.0 Å². The maximum atomic E-state index is 6.57. The number of aromatic amines is 1. The Morgan fingerprint density at radius 3 is 3.04 bits per heavy atom. The molecule has 0 radical (unpaired) electrons. The number of H-pyrrole nitrogens is 1. The number of aromatic nitrogens is 5. The van der Waals surface area contributed by atoms with Crippen molar-refractivity contribution in [3.8, 4) is 11.4 Å². The number of nitrogens with zero attached hydrogens (tertiary/aromatic N) is 4. The first kappa shape index (κ1) is 16.5. The highest BCUT2D eigenvalue weighted by atomic mass is 35.5. The van der Waals surface area contributed by atoms with E-state index in [1.807, 2.05) is 23.9 Å². The zero-order valence-electron chi connectivity index (χ0n) is 15.0. The molecule has 2 aromatic carbocycles. The molecule has 1 aliphatic heterocycles. The van der Waals surface area contributed by atoms with Crippen molar-refractivity contribution in [3.05, 3.63) is 64.1 Å². The standard InChI is InChI=1S/C20H19ClN6/c1-27-18(9-13-4-5-17-16(19(13)21)11-23-25-17)24-20(26-27)14-2-3-15-10-22-7-6-12(15)8-14/h2-5,8,11,22H,6-7,9-10H2,1H3,(H,23,25). The molecule has 27 heavy (non-hydrogen) atoms. The molecule has 0 amide bonds. The molecule has 7 heteroatoms. The number of fused-ring (bicyclic) bond motifs is 2. The van der Waals surface area contributed by atoms with Gasteiger partial charge in [0.05, 0.1) is 16.7 Å². The summed E-state index contributed by atoms with van der Waals surface area (Å²) in [6.07, 6.45) is 3.42. The highest BCUT2D eigenvalue weighted by molar-refractivity contribution is 6.36. The van der Waals surface area contributed by atoms with Crippen molar-refractivity contribution in [2.24, 2.45) is 7.05 Å². The Morgan fingerprint density at radius 1 is 1.19 bits per heavy atom. The van der Waals surface area contributed by atoms with Crippen LogP contribution in [0.2, 0.25) is 5.02 Å². The molecule has 0 spiro atoms. The lowest BCUT2D eigenvalue weighted by molar-refractivity contribution is 0.644. The molecule has 1 aliphatic rings. The molecular formula is C20H19ClN6. The maximum Gasteiger partial charge on any atom is 0.181 e. The van der Waals surface area contributed by atoms with Crippen LogP contribution in [-0.4, -0.2) is 31.5 Å². The summed E-state index contributed by atoms with van der Waals surface area (Å²) in [5.41, 5.74) is 5.76. The summed E-state index contributed by atoms with van der Waals surface area (Å²) < 4.78 is 1.84. The maximum absolute atomic E-state index is 6.57. The van der Waals surface area contributed by atoms with E-state index < -0.39 is 0 Å². The lowest BCUT2D eigenvalue weighted by atomic mass is 9.98. The van der Waals surface area contributed by atoms with Crippen molar-refractivity contribution in [2.45, 2.75) is 19.4 Å². The van der Waals surface area contributed by atoms with Gasteiger partial charge in [-0.2, -0.15) is 10.2 Å². The summed E-state index contributed by atoms with van der Waals surface area (Å²) in [4.78, 5) is 4.79. The molecule has 0 atom stereocenters. The van der Waals surface area contributed by atoms with Gasteiger partial charge in [-0.15, -0.1) is 0 Å². The number of halogens is 1. The Balaban J connectivity index is 1.48. The van der Waals surface area contributed by atoms with Gasteiger partial charge in [-0.3, -0.25) is 9.78 Å². The van der Waals surface area contributed by atoms with Crippen molar-refractivity contribution in [1.82, 2.24) is 30.3 Å². The highest BCUT2D eigenvalue weighted by Crippen LogP contribution is 2.28. The number of hydrogen-bond acceptors (Lipinski definition) is 4. The van der Waals surface area contributed by atoms with E-state index in [-0.39, 0.29) is 0 Å². The molecule has 0 fully saturated rings. The number of aryl methyl sites for hydroxylation is 1. The third-order valence-electron chi connectivity index (χ3n) is 5.19. The van der Waals surface area contributed by atoms with E-state index in [4.69, 9.17) is 16.6 Å². The van der Waals surface area contributed by atoms with Crippen LogP contribution in [0.25, 0.3) is 22.3 Å². The SMILES string of the molecule is Cn1nc(-c2ccc3c(c2)CCNC3)nc1Cc1ccc2[nH]ncc2c1Cl. The zero-order chi connectivity index (χ0) is 18.4. The molecule has 136 valence electrons. The normalized spacial score (nSPS) is 13.9. The predicted octanol–water partition coefficient (Wildman–Crippen LogP) is 3.25. The van der Waals surface area contributed by atoms with Gasteiger partial charge in [0.25, 0.3) is 0 Å². The Bertz CT molecular complexity index is 1140.